The predicted molar refractivity (Wildman–Crippen MR) is 121 cm³/mol. The zero-order valence-electron chi connectivity index (χ0n) is 16.8. The Labute approximate surface area is 181 Å². The molecule has 1 heterocycles. The van der Waals surface area contributed by atoms with Crippen LogP contribution in [0.5, 0.6) is 0 Å². The normalized spacial score (nSPS) is 15.4. The summed E-state index contributed by atoms with van der Waals surface area (Å²) in [4.78, 5) is 16.0. The largest absolute Gasteiger partial charge is 0.336 e. The molecule has 5 nitrogen and oxygen atoms in total. The standard InChI is InChI=1S/C23H24N2O3S2/c1-2-29-22-10-6-5-9-21(22)23(26)24-13-15-25(16-14-24)30(27,28)20-12-11-18-7-3-4-8-19(18)17-20/h3-12,17H,2,13-16H2,1H3. The molecule has 1 aliphatic heterocycles. The van der Waals surface area contributed by atoms with Crippen LogP contribution in [0.3, 0.4) is 0 Å². The number of amides is 1. The topological polar surface area (TPSA) is 57.7 Å². The van der Waals surface area contributed by atoms with E-state index in [0.717, 1.165) is 21.4 Å². The molecule has 0 saturated carbocycles. The minimum atomic E-state index is -3.59. The van der Waals surface area contributed by atoms with Crippen LogP contribution in [-0.2, 0) is 10.0 Å². The van der Waals surface area contributed by atoms with Gasteiger partial charge in [-0.1, -0.05) is 49.4 Å². The van der Waals surface area contributed by atoms with Crippen LogP contribution in [-0.4, -0.2) is 55.5 Å². The second kappa shape index (κ2) is 8.79. The van der Waals surface area contributed by atoms with E-state index in [1.807, 2.05) is 54.6 Å². The summed E-state index contributed by atoms with van der Waals surface area (Å²) in [5.41, 5.74) is 0.690. The van der Waals surface area contributed by atoms with Crippen molar-refractivity contribution in [2.75, 3.05) is 31.9 Å². The van der Waals surface area contributed by atoms with Crippen molar-refractivity contribution < 1.29 is 13.2 Å². The smallest absolute Gasteiger partial charge is 0.255 e. The Morgan fingerprint density at radius 2 is 1.57 bits per heavy atom. The number of hydrogen-bond acceptors (Lipinski definition) is 4. The van der Waals surface area contributed by atoms with E-state index < -0.39 is 10.0 Å². The Balaban J connectivity index is 1.49. The van der Waals surface area contributed by atoms with Gasteiger partial charge in [-0.2, -0.15) is 4.31 Å². The number of hydrogen-bond donors (Lipinski definition) is 0. The molecule has 30 heavy (non-hydrogen) atoms. The first-order chi connectivity index (χ1) is 14.5. The molecule has 3 aromatic rings. The fourth-order valence-corrected chi connectivity index (χ4v) is 5.96. The van der Waals surface area contributed by atoms with Gasteiger partial charge in [-0.3, -0.25) is 4.79 Å². The second-order valence-corrected chi connectivity index (χ2v) is 10.4. The molecule has 0 spiro atoms. The Hall–Kier alpha value is -2.35. The summed E-state index contributed by atoms with van der Waals surface area (Å²) in [5, 5.41) is 1.91. The molecule has 7 heteroatoms. The Morgan fingerprint density at radius 1 is 0.900 bits per heavy atom. The Kier molecular flexibility index (Phi) is 6.13. The minimum Gasteiger partial charge on any atom is -0.336 e. The highest BCUT2D eigenvalue weighted by Gasteiger charge is 2.31. The van der Waals surface area contributed by atoms with Crippen molar-refractivity contribution in [2.24, 2.45) is 0 Å². The third kappa shape index (κ3) is 4.10. The Bertz CT molecular complexity index is 1170. The molecular formula is C23H24N2O3S2. The summed E-state index contributed by atoms with van der Waals surface area (Å²) >= 11 is 1.64. The highest BCUT2D eigenvalue weighted by Crippen LogP contribution is 2.26. The fraction of sp³-hybridized carbons (Fsp3) is 0.261. The lowest BCUT2D eigenvalue weighted by Gasteiger charge is -2.34. The average Bonchev–Trinajstić information content (AvgIpc) is 2.79. The van der Waals surface area contributed by atoms with Gasteiger partial charge in [-0.05, 0) is 40.8 Å². The average molecular weight is 441 g/mol. The number of thioether (sulfide) groups is 1. The van der Waals surface area contributed by atoms with Crippen molar-refractivity contribution >= 4 is 38.5 Å². The molecule has 1 saturated heterocycles. The number of piperazine rings is 1. The van der Waals surface area contributed by atoms with Gasteiger partial charge in [0.15, 0.2) is 0 Å². The Morgan fingerprint density at radius 3 is 2.30 bits per heavy atom. The molecular weight excluding hydrogens is 416 g/mol. The molecule has 0 bridgehead atoms. The number of rotatable bonds is 5. The molecule has 1 amide bonds. The van der Waals surface area contributed by atoms with Crippen LogP contribution in [0.1, 0.15) is 17.3 Å². The van der Waals surface area contributed by atoms with Crippen molar-refractivity contribution in [1.29, 1.82) is 0 Å². The predicted octanol–water partition coefficient (Wildman–Crippen LogP) is 4.10. The maximum absolute atomic E-state index is 13.1. The van der Waals surface area contributed by atoms with Crippen molar-refractivity contribution in [3.8, 4) is 0 Å². The highest BCUT2D eigenvalue weighted by molar-refractivity contribution is 7.99. The molecule has 156 valence electrons. The third-order valence-electron chi connectivity index (χ3n) is 5.30. The number of carbonyl (C=O) groups is 1. The number of fused-ring (bicyclic) bond motifs is 1. The number of carbonyl (C=O) groups excluding carboxylic acids is 1. The molecule has 0 unspecified atom stereocenters. The van der Waals surface area contributed by atoms with Gasteiger partial charge >= 0.3 is 0 Å². The number of benzene rings is 3. The van der Waals surface area contributed by atoms with Crippen LogP contribution >= 0.6 is 11.8 Å². The molecule has 0 aliphatic carbocycles. The van der Waals surface area contributed by atoms with Gasteiger partial charge in [0.1, 0.15) is 0 Å². The minimum absolute atomic E-state index is 0.0331. The monoisotopic (exact) mass is 440 g/mol. The quantitative estimate of drug-likeness (QED) is 0.561. The molecule has 1 aliphatic rings. The fourth-order valence-electron chi connectivity index (χ4n) is 3.70. The second-order valence-electron chi connectivity index (χ2n) is 7.13. The van der Waals surface area contributed by atoms with Gasteiger partial charge in [0, 0.05) is 31.1 Å². The SMILES string of the molecule is CCSc1ccccc1C(=O)N1CCN(S(=O)(=O)c2ccc3ccccc3c2)CC1. The molecule has 0 aromatic heterocycles. The van der Waals surface area contributed by atoms with Gasteiger partial charge in [0.25, 0.3) is 5.91 Å². The van der Waals surface area contributed by atoms with E-state index >= 15 is 0 Å². The van der Waals surface area contributed by atoms with Gasteiger partial charge in [0.05, 0.1) is 10.5 Å². The van der Waals surface area contributed by atoms with E-state index in [-0.39, 0.29) is 5.91 Å². The van der Waals surface area contributed by atoms with Gasteiger partial charge < -0.3 is 4.90 Å². The van der Waals surface area contributed by atoms with Crippen molar-refractivity contribution in [3.05, 3.63) is 72.3 Å². The van der Waals surface area contributed by atoms with Crippen LogP contribution in [0.15, 0.2) is 76.5 Å². The molecule has 0 N–H and O–H groups in total. The zero-order valence-corrected chi connectivity index (χ0v) is 18.5. The first-order valence-electron chi connectivity index (χ1n) is 10.0. The van der Waals surface area contributed by atoms with E-state index in [1.165, 1.54) is 4.31 Å². The van der Waals surface area contributed by atoms with E-state index in [1.54, 1.807) is 28.8 Å². The molecule has 0 radical (unpaired) electrons. The molecule has 4 rings (SSSR count). The highest BCUT2D eigenvalue weighted by atomic mass is 32.2. The zero-order chi connectivity index (χ0) is 21.1. The van der Waals surface area contributed by atoms with E-state index in [0.29, 0.717) is 36.6 Å². The number of nitrogens with zero attached hydrogens (tertiary/aromatic N) is 2. The lowest BCUT2D eigenvalue weighted by molar-refractivity contribution is 0.0694. The van der Waals surface area contributed by atoms with E-state index in [4.69, 9.17) is 0 Å². The van der Waals surface area contributed by atoms with Gasteiger partial charge in [-0.15, -0.1) is 11.8 Å². The van der Waals surface area contributed by atoms with E-state index in [9.17, 15) is 13.2 Å². The summed E-state index contributed by atoms with van der Waals surface area (Å²) in [6.45, 7) is 3.42. The maximum atomic E-state index is 13.1. The van der Waals surface area contributed by atoms with Crippen molar-refractivity contribution in [2.45, 2.75) is 16.7 Å². The lowest BCUT2D eigenvalue weighted by Crippen LogP contribution is -2.50. The number of sulfonamides is 1. The summed E-state index contributed by atoms with van der Waals surface area (Å²) < 4.78 is 27.8. The van der Waals surface area contributed by atoms with Crippen LogP contribution in [0, 0.1) is 0 Å². The van der Waals surface area contributed by atoms with E-state index in [2.05, 4.69) is 6.92 Å². The van der Waals surface area contributed by atoms with Gasteiger partial charge in [-0.25, -0.2) is 8.42 Å². The van der Waals surface area contributed by atoms with Crippen LogP contribution in [0.2, 0.25) is 0 Å². The van der Waals surface area contributed by atoms with Gasteiger partial charge in [0.2, 0.25) is 10.0 Å². The summed E-state index contributed by atoms with van der Waals surface area (Å²) in [6, 6.07) is 20.5. The first-order valence-corrected chi connectivity index (χ1v) is 12.4. The summed E-state index contributed by atoms with van der Waals surface area (Å²) in [6.07, 6.45) is 0. The van der Waals surface area contributed by atoms with Crippen molar-refractivity contribution in [1.82, 2.24) is 9.21 Å². The van der Waals surface area contributed by atoms with Crippen LogP contribution in [0.4, 0.5) is 0 Å². The van der Waals surface area contributed by atoms with Crippen LogP contribution in [0.25, 0.3) is 10.8 Å². The molecule has 3 aromatic carbocycles. The van der Waals surface area contributed by atoms with Crippen molar-refractivity contribution in [3.63, 3.8) is 0 Å². The lowest BCUT2D eigenvalue weighted by atomic mass is 10.1. The molecule has 0 atom stereocenters. The first kappa shape index (κ1) is 20.9. The third-order valence-corrected chi connectivity index (χ3v) is 8.15. The summed E-state index contributed by atoms with van der Waals surface area (Å²) in [5.74, 6) is 0.858. The van der Waals surface area contributed by atoms with Crippen LogP contribution < -0.4 is 0 Å². The maximum Gasteiger partial charge on any atom is 0.255 e. The summed E-state index contributed by atoms with van der Waals surface area (Å²) in [7, 11) is -3.59. The molecule has 1 fully saturated rings.